The van der Waals surface area contributed by atoms with E-state index in [1.807, 2.05) is 31.2 Å². The average Bonchev–Trinajstić information content (AvgIpc) is 3.32. The molecule has 0 amide bonds. The quantitative estimate of drug-likeness (QED) is 0.704. The van der Waals surface area contributed by atoms with Gasteiger partial charge in [0.05, 0.1) is 11.6 Å². The number of benzene rings is 2. The lowest BCUT2D eigenvalue weighted by Crippen LogP contribution is -2.24. The Morgan fingerprint density at radius 1 is 1.00 bits per heavy atom. The Labute approximate surface area is 187 Å². The molecule has 0 saturated heterocycles. The van der Waals surface area contributed by atoms with Crippen molar-refractivity contribution >= 4 is 23.6 Å². The SMILES string of the molecule is C[C@]1(CCc2ccc(F)cc2)COC(N)=N1.NC1=N[C@@H](CCc2ccc(Cl)cc2)CO1. The molecule has 2 heterocycles. The molecule has 166 valence electrons. The molecule has 0 saturated carbocycles. The zero-order valence-corrected chi connectivity index (χ0v) is 18.3. The smallest absolute Gasteiger partial charge is 0.282 e. The minimum atomic E-state index is -0.238. The van der Waals surface area contributed by atoms with Crippen molar-refractivity contribution in [3.63, 3.8) is 0 Å². The fraction of sp³-hybridized carbons (Fsp3) is 0.391. The van der Waals surface area contributed by atoms with Crippen molar-refractivity contribution in [1.29, 1.82) is 0 Å². The summed E-state index contributed by atoms with van der Waals surface area (Å²) in [6.07, 6.45) is 3.63. The number of hydrogen-bond donors (Lipinski definition) is 2. The third-order valence-corrected chi connectivity index (χ3v) is 5.44. The van der Waals surface area contributed by atoms with Crippen molar-refractivity contribution in [2.45, 2.75) is 44.2 Å². The number of halogens is 2. The van der Waals surface area contributed by atoms with Crippen LogP contribution in [0.3, 0.4) is 0 Å². The molecular weight excluding hydrogens is 419 g/mol. The van der Waals surface area contributed by atoms with Gasteiger partial charge in [0.1, 0.15) is 19.0 Å². The number of amidine groups is 2. The van der Waals surface area contributed by atoms with E-state index in [0.29, 0.717) is 19.2 Å². The summed E-state index contributed by atoms with van der Waals surface area (Å²) in [5.41, 5.74) is 13.0. The van der Waals surface area contributed by atoms with Crippen LogP contribution in [0.25, 0.3) is 0 Å². The van der Waals surface area contributed by atoms with Crippen LogP contribution in [0.5, 0.6) is 0 Å². The molecule has 0 fully saturated rings. The van der Waals surface area contributed by atoms with E-state index in [4.69, 9.17) is 32.5 Å². The third kappa shape index (κ3) is 7.43. The number of nitrogens with two attached hydrogens (primary N) is 2. The van der Waals surface area contributed by atoms with Crippen molar-refractivity contribution in [2.75, 3.05) is 13.2 Å². The van der Waals surface area contributed by atoms with E-state index in [2.05, 4.69) is 9.98 Å². The highest BCUT2D eigenvalue weighted by atomic mass is 35.5. The van der Waals surface area contributed by atoms with Crippen molar-refractivity contribution in [3.8, 4) is 0 Å². The summed E-state index contributed by atoms with van der Waals surface area (Å²) in [5, 5.41) is 0.769. The molecule has 0 aliphatic carbocycles. The molecule has 4 rings (SSSR count). The van der Waals surface area contributed by atoms with Gasteiger partial charge in [0.15, 0.2) is 0 Å². The number of hydrogen-bond acceptors (Lipinski definition) is 6. The second-order valence-corrected chi connectivity index (χ2v) is 8.40. The molecule has 0 unspecified atom stereocenters. The number of ether oxygens (including phenoxy) is 2. The molecule has 2 aromatic carbocycles. The standard InChI is InChI=1S/C12H15FN2O.C11H13ClN2O/c1-12(8-16-11(14)15-12)7-6-9-2-4-10(13)5-3-9;12-9-4-1-8(2-5-9)3-6-10-7-15-11(13)14-10/h2-5H,6-8H2,1H3,(H2,14,15);1-2,4-5,10H,3,6-7H2,(H2,13,14)/t12-;10-/m00/s1. The fourth-order valence-corrected chi connectivity index (χ4v) is 3.45. The van der Waals surface area contributed by atoms with Crippen LogP contribution < -0.4 is 11.5 Å². The number of rotatable bonds is 6. The van der Waals surface area contributed by atoms with E-state index in [0.717, 1.165) is 36.3 Å². The van der Waals surface area contributed by atoms with Gasteiger partial charge in [-0.25, -0.2) is 14.4 Å². The molecule has 6 nitrogen and oxygen atoms in total. The number of aliphatic imine (C=N–C) groups is 2. The Hall–Kier alpha value is -2.80. The lowest BCUT2D eigenvalue weighted by atomic mass is 9.95. The van der Waals surface area contributed by atoms with Crippen molar-refractivity contribution in [1.82, 2.24) is 0 Å². The molecule has 2 aromatic rings. The Bertz CT molecular complexity index is 918. The highest BCUT2D eigenvalue weighted by Crippen LogP contribution is 2.23. The second-order valence-electron chi connectivity index (χ2n) is 7.96. The Kier molecular flexibility index (Phi) is 7.74. The molecule has 0 aromatic heterocycles. The summed E-state index contributed by atoms with van der Waals surface area (Å²) >= 11 is 5.80. The van der Waals surface area contributed by atoms with Crippen LogP contribution in [-0.2, 0) is 22.3 Å². The van der Waals surface area contributed by atoms with E-state index < -0.39 is 0 Å². The summed E-state index contributed by atoms with van der Waals surface area (Å²) in [6, 6.07) is 15.2. The van der Waals surface area contributed by atoms with Gasteiger partial charge in [-0.3, -0.25) is 0 Å². The molecule has 2 aliphatic heterocycles. The van der Waals surface area contributed by atoms with Crippen molar-refractivity contribution < 1.29 is 13.9 Å². The van der Waals surface area contributed by atoms with Gasteiger partial charge in [-0.05, 0) is 68.0 Å². The maximum absolute atomic E-state index is 12.7. The van der Waals surface area contributed by atoms with Gasteiger partial charge in [0, 0.05) is 5.02 Å². The molecule has 2 aliphatic rings. The first-order valence-corrected chi connectivity index (χ1v) is 10.6. The highest BCUT2D eigenvalue weighted by molar-refractivity contribution is 6.30. The van der Waals surface area contributed by atoms with Crippen LogP contribution in [0.15, 0.2) is 58.5 Å². The molecule has 31 heavy (non-hydrogen) atoms. The first kappa shape index (κ1) is 22.9. The van der Waals surface area contributed by atoms with Crippen LogP contribution in [-0.4, -0.2) is 36.8 Å². The van der Waals surface area contributed by atoms with Crippen LogP contribution in [0.4, 0.5) is 4.39 Å². The largest absolute Gasteiger partial charge is 0.463 e. The van der Waals surface area contributed by atoms with Gasteiger partial charge in [0.25, 0.3) is 12.0 Å². The van der Waals surface area contributed by atoms with Crippen molar-refractivity contribution in [3.05, 3.63) is 70.5 Å². The Balaban J connectivity index is 0.000000176. The minimum Gasteiger partial charge on any atom is -0.463 e. The summed E-state index contributed by atoms with van der Waals surface area (Å²) < 4.78 is 22.9. The highest BCUT2D eigenvalue weighted by Gasteiger charge is 2.30. The molecular formula is C23H28ClFN4O2. The van der Waals surface area contributed by atoms with Gasteiger partial charge in [-0.1, -0.05) is 35.9 Å². The normalized spacial score (nSPS) is 22.0. The zero-order valence-electron chi connectivity index (χ0n) is 17.6. The van der Waals surface area contributed by atoms with Crippen LogP contribution >= 0.6 is 11.6 Å². The lowest BCUT2D eigenvalue weighted by molar-refractivity contribution is 0.255. The summed E-state index contributed by atoms with van der Waals surface area (Å²) in [4.78, 5) is 8.42. The van der Waals surface area contributed by atoms with Crippen LogP contribution in [0, 0.1) is 5.82 Å². The topological polar surface area (TPSA) is 95.2 Å². The molecule has 8 heteroatoms. The van der Waals surface area contributed by atoms with E-state index >= 15 is 0 Å². The zero-order chi connectivity index (χ0) is 22.3. The maximum Gasteiger partial charge on any atom is 0.282 e. The summed E-state index contributed by atoms with van der Waals surface area (Å²) in [5.74, 6) is -0.207. The van der Waals surface area contributed by atoms with E-state index in [1.54, 1.807) is 12.1 Å². The molecule has 0 radical (unpaired) electrons. The van der Waals surface area contributed by atoms with Gasteiger partial charge in [-0.2, -0.15) is 0 Å². The number of nitrogens with zero attached hydrogens (tertiary/aromatic N) is 2. The summed E-state index contributed by atoms with van der Waals surface area (Å²) in [6.45, 7) is 3.15. The monoisotopic (exact) mass is 446 g/mol. The predicted octanol–water partition coefficient (Wildman–Crippen LogP) is 3.85. The van der Waals surface area contributed by atoms with Crippen molar-refractivity contribution in [2.24, 2.45) is 21.5 Å². The maximum atomic E-state index is 12.7. The van der Waals surface area contributed by atoms with Gasteiger partial charge >= 0.3 is 0 Å². The average molecular weight is 447 g/mol. The van der Waals surface area contributed by atoms with E-state index in [9.17, 15) is 4.39 Å². The third-order valence-electron chi connectivity index (χ3n) is 5.19. The van der Waals surface area contributed by atoms with Crippen LogP contribution in [0.1, 0.15) is 30.9 Å². The van der Waals surface area contributed by atoms with E-state index in [-0.39, 0.29) is 23.4 Å². The molecule has 0 bridgehead atoms. The fourth-order valence-electron chi connectivity index (χ4n) is 3.32. The second kappa shape index (κ2) is 10.5. The summed E-state index contributed by atoms with van der Waals surface area (Å²) in [7, 11) is 0. The number of aryl methyl sites for hydroxylation is 2. The Morgan fingerprint density at radius 2 is 1.65 bits per heavy atom. The molecule has 2 atom stereocenters. The van der Waals surface area contributed by atoms with Gasteiger partial charge in [-0.15, -0.1) is 0 Å². The predicted molar refractivity (Wildman–Crippen MR) is 122 cm³/mol. The van der Waals surface area contributed by atoms with Gasteiger partial charge < -0.3 is 20.9 Å². The first-order valence-electron chi connectivity index (χ1n) is 10.2. The lowest BCUT2D eigenvalue weighted by Gasteiger charge is -2.17. The molecule has 4 N–H and O–H groups in total. The Morgan fingerprint density at radius 3 is 2.23 bits per heavy atom. The van der Waals surface area contributed by atoms with Crippen LogP contribution in [0.2, 0.25) is 5.02 Å². The first-order chi connectivity index (χ1) is 14.8. The van der Waals surface area contributed by atoms with Gasteiger partial charge in [0.2, 0.25) is 0 Å². The van der Waals surface area contributed by atoms with E-state index in [1.165, 1.54) is 17.7 Å². The molecule has 0 spiro atoms. The minimum absolute atomic E-state index is 0.207.